The van der Waals surface area contributed by atoms with Crippen LogP contribution in [0.15, 0.2) is 73.6 Å². The first-order valence-corrected chi connectivity index (χ1v) is 10.0. The van der Waals surface area contributed by atoms with Gasteiger partial charge in [0.1, 0.15) is 23.8 Å². The van der Waals surface area contributed by atoms with Crippen LogP contribution >= 0.6 is 0 Å². The third-order valence-electron chi connectivity index (χ3n) is 5.41. The Balaban J connectivity index is 1.22. The van der Waals surface area contributed by atoms with E-state index in [9.17, 15) is 0 Å². The van der Waals surface area contributed by atoms with Crippen molar-refractivity contribution in [3.8, 4) is 11.4 Å². The van der Waals surface area contributed by atoms with Gasteiger partial charge in [0.15, 0.2) is 0 Å². The van der Waals surface area contributed by atoms with Crippen LogP contribution in [-0.4, -0.2) is 43.6 Å². The highest BCUT2D eigenvalue weighted by atomic mass is 16.5. The smallest absolute Gasteiger partial charge is 0.144 e. The van der Waals surface area contributed by atoms with E-state index in [1.807, 2.05) is 23.0 Å². The van der Waals surface area contributed by atoms with Crippen LogP contribution in [0.3, 0.4) is 0 Å². The Morgan fingerprint density at radius 2 is 1.76 bits per heavy atom. The zero-order valence-electron chi connectivity index (χ0n) is 16.2. The molecule has 0 amide bonds. The highest BCUT2D eigenvalue weighted by Gasteiger charge is 2.21. The Bertz CT molecular complexity index is 1070. The van der Waals surface area contributed by atoms with Gasteiger partial charge < -0.3 is 4.74 Å². The van der Waals surface area contributed by atoms with Gasteiger partial charge in [0, 0.05) is 31.2 Å². The quantitative estimate of drug-likeness (QED) is 0.522. The molecule has 0 bridgehead atoms. The van der Waals surface area contributed by atoms with Crippen LogP contribution < -0.4 is 4.74 Å². The highest BCUT2D eigenvalue weighted by molar-refractivity contribution is 5.79. The third-order valence-corrected chi connectivity index (χ3v) is 5.41. The second kappa shape index (κ2) is 8.01. The minimum absolute atomic E-state index is 0.242. The van der Waals surface area contributed by atoms with E-state index in [0.29, 0.717) is 0 Å². The summed E-state index contributed by atoms with van der Waals surface area (Å²) in [5.41, 5.74) is 3.15. The van der Waals surface area contributed by atoms with Crippen LogP contribution in [0.2, 0.25) is 0 Å². The number of piperidine rings is 1. The highest BCUT2D eigenvalue weighted by Crippen LogP contribution is 2.25. The van der Waals surface area contributed by atoms with Gasteiger partial charge >= 0.3 is 0 Å². The summed E-state index contributed by atoms with van der Waals surface area (Å²) >= 11 is 0. The lowest BCUT2D eigenvalue weighted by Crippen LogP contribution is -2.37. The van der Waals surface area contributed by atoms with E-state index >= 15 is 0 Å². The van der Waals surface area contributed by atoms with E-state index in [2.05, 4.69) is 56.3 Å². The Morgan fingerprint density at radius 3 is 2.55 bits per heavy atom. The van der Waals surface area contributed by atoms with Crippen molar-refractivity contribution in [3.63, 3.8) is 0 Å². The fourth-order valence-electron chi connectivity index (χ4n) is 3.91. The fourth-order valence-corrected chi connectivity index (χ4v) is 3.91. The van der Waals surface area contributed by atoms with Gasteiger partial charge in [0.25, 0.3) is 0 Å². The third kappa shape index (κ3) is 3.98. The zero-order valence-corrected chi connectivity index (χ0v) is 16.2. The van der Waals surface area contributed by atoms with Crippen molar-refractivity contribution in [2.24, 2.45) is 0 Å². The number of hydrogen-bond acceptors (Lipinski definition) is 5. The number of fused-ring (bicyclic) bond motifs is 1. The Labute approximate surface area is 169 Å². The molecular weight excluding hydrogens is 362 g/mol. The van der Waals surface area contributed by atoms with Crippen LogP contribution in [0.25, 0.3) is 16.7 Å². The summed E-state index contributed by atoms with van der Waals surface area (Å²) in [6.45, 7) is 3.12. The van der Waals surface area contributed by atoms with Crippen LogP contribution in [0.5, 0.6) is 5.75 Å². The molecule has 1 aliphatic rings. The number of ether oxygens (including phenoxy) is 1. The van der Waals surface area contributed by atoms with Gasteiger partial charge in [0.05, 0.1) is 24.3 Å². The molecule has 3 aromatic heterocycles. The van der Waals surface area contributed by atoms with Crippen LogP contribution in [0.4, 0.5) is 0 Å². The molecule has 1 aliphatic heterocycles. The summed E-state index contributed by atoms with van der Waals surface area (Å²) in [6.07, 6.45) is 11.2. The fraction of sp³-hybridized carbons (Fsp3) is 0.261. The molecule has 6 heteroatoms. The monoisotopic (exact) mass is 385 g/mol. The van der Waals surface area contributed by atoms with Crippen molar-refractivity contribution >= 4 is 11.0 Å². The van der Waals surface area contributed by atoms with Crippen molar-refractivity contribution in [3.05, 3.63) is 79.1 Å². The van der Waals surface area contributed by atoms with Gasteiger partial charge in [-0.15, -0.1) is 0 Å². The van der Waals surface area contributed by atoms with E-state index in [1.54, 1.807) is 12.4 Å². The maximum Gasteiger partial charge on any atom is 0.144 e. The molecule has 146 valence electrons. The molecule has 0 N–H and O–H groups in total. The second-order valence-electron chi connectivity index (χ2n) is 7.45. The van der Waals surface area contributed by atoms with E-state index in [-0.39, 0.29) is 6.10 Å². The molecular formula is C23H23N5O. The Hall–Kier alpha value is -3.25. The van der Waals surface area contributed by atoms with Crippen LogP contribution in [-0.2, 0) is 6.54 Å². The van der Waals surface area contributed by atoms with E-state index in [1.165, 1.54) is 11.9 Å². The molecule has 1 fully saturated rings. The molecule has 0 unspecified atom stereocenters. The first-order chi connectivity index (χ1) is 14.3. The predicted octanol–water partition coefficient (Wildman–Crippen LogP) is 3.86. The Morgan fingerprint density at radius 1 is 0.966 bits per heavy atom. The van der Waals surface area contributed by atoms with Crippen molar-refractivity contribution in [1.29, 1.82) is 0 Å². The van der Waals surface area contributed by atoms with Crippen molar-refractivity contribution in [2.45, 2.75) is 25.5 Å². The number of hydrogen-bond donors (Lipinski definition) is 0. The number of nitrogens with zero attached hydrogens (tertiary/aromatic N) is 5. The van der Waals surface area contributed by atoms with Crippen molar-refractivity contribution in [1.82, 2.24) is 24.4 Å². The molecule has 4 aromatic rings. The van der Waals surface area contributed by atoms with E-state index in [0.717, 1.165) is 54.9 Å². The summed E-state index contributed by atoms with van der Waals surface area (Å²) < 4.78 is 8.24. The lowest BCUT2D eigenvalue weighted by molar-refractivity contribution is 0.0966. The second-order valence-corrected chi connectivity index (χ2v) is 7.45. The SMILES string of the molecule is c1ccc(CN2CCC(Oc3cnc4c(ccn4-c4cncnc4)c3)CC2)cc1. The molecule has 6 nitrogen and oxygen atoms in total. The maximum atomic E-state index is 6.25. The first-order valence-electron chi connectivity index (χ1n) is 10.0. The number of rotatable bonds is 5. The summed E-state index contributed by atoms with van der Waals surface area (Å²) in [5, 5.41) is 1.05. The molecule has 0 atom stereocenters. The first kappa shape index (κ1) is 17.8. The van der Waals surface area contributed by atoms with Gasteiger partial charge in [-0.25, -0.2) is 15.0 Å². The molecule has 0 aliphatic carbocycles. The number of aromatic nitrogens is 4. The summed E-state index contributed by atoms with van der Waals surface area (Å²) in [4.78, 5) is 15.3. The molecule has 29 heavy (non-hydrogen) atoms. The van der Waals surface area contributed by atoms with Gasteiger partial charge in [-0.2, -0.15) is 0 Å². The van der Waals surface area contributed by atoms with Gasteiger partial charge in [-0.1, -0.05) is 30.3 Å². The Kier molecular flexibility index (Phi) is 4.92. The average Bonchev–Trinajstić information content (AvgIpc) is 3.20. The molecule has 0 radical (unpaired) electrons. The molecule has 0 saturated carbocycles. The average molecular weight is 385 g/mol. The topological polar surface area (TPSA) is 56.1 Å². The number of likely N-dealkylation sites (tertiary alicyclic amines) is 1. The van der Waals surface area contributed by atoms with E-state index in [4.69, 9.17) is 4.74 Å². The molecule has 5 rings (SSSR count). The summed E-state index contributed by atoms with van der Waals surface area (Å²) in [7, 11) is 0. The standard InChI is InChI=1S/C23H23N5O/c1-2-4-18(5-3-1)16-27-9-7-21(8-10-27)29-22-12-19-6-11-28(23(19)26-15-22)20-13-24-17-25-14-20/h1-6,11-15,17,21H,7-10,16H2. The van der Waals surface area contributed by atoms with Gasteiger partial charge in [0.2, 0.25) is 0 Å². The van der Waals surface area contributed by atoms with Crippen LogP contribution in [0.1, 0.15) is 18.4 Å². The molecule has 1 aromatic carbocycles. The molecule has 1 saturated heterocycles. The van der Waals surface area contributed by atoms with Crippen LogP contribution in [0, 0.1) is 0 Å². The molecule has 4 heterocycles. The lowest BCUT2D eigenvalue weighted by Gasteiger charge is -2.32. The van der Waals surface area contributed by atoms with Crippen molar-refractivity contribution in [2.75, 3.05) is 13.1 Å². The summed E-state index contributed by atoms with van der Waals surface area (Å²) in [5.74, 6) is 0.834. The zero-order chi connectivity index (χ0) is 19.5. The van der Waals surface area contributed by atoms with Crippen molar-refractivity contribution < 1.29 is 4.74 Å². The lowest BCUT2D eigenvalue weighted by atomic mass is 10.1. The summed E-state index contributed by atoms with van der Waals surface area (Å²) in [6, 6.07) is 14.8. The molecule has 0 spiro atoms. The minimum atomic E-state index is 0.242. The number of benzene rings is 1. The predicted molar refractivity (Wildman–Crippen MR) is 112 cm³/mol. The van der Waals surface area contributed by atoms with Gasteiger partial charge in [-0.3, -0.25) is 9.47 Å². The maximum absolute atomic E-state index is 6.25. The van der Waals surface area contributed by atoms with E-state index < -0.39 is 0 Å². The van der Waals surface area contributed by atoms with Gasteiger partial charge in [-0.05, 0) is 30.5 Å². The minimum Gasteiger partial charge on any atom is -0.489 e. The number of pyridine rings is 1. The normalized spacial score (nSPS) is 15.6. The largest absolute Gasteiger partial charge is 0.489 e.